The summed E-state index contributed by atoms with van der Waals surface area (Å²) in [5.74, 6) is -0.238. The number of hydrogen-bond acceptors (Lipinski definition) is 6. The predicted octanol–water partition coefficient (Wildman–Crippen LogP) is 3.73. The highest BCUT2D eigenvalue weighted by Crippen LogP contribution is 2.55. The van der Waals surface area contributed by atoms with Crippen LogP contribution in [0.3, 0.4) is 0 Å². The van der Waals surface area contributed by atoms with Crippen LogP contribution >= 0.6 is 11.6 Å². The summed E-state index contributed by atoms with van der Waals surface area (Å²) < 4.78 is 13.4. The monoisotopic (exact) mass is 453 g/mol. The number of halogens is 2. The molecule has 1 unspecified atom stereocenters. The molecule has 0 aliphatic carbocycles. The fourth-order valence-electron chi connectivity index (χ4n) is 5.55. The summed E-state index contributed by atoms with van der Waals surface area (Å²) in [4.78, 5) is 10.7. The van der Waals surface area contributed by atoms with Crippen LogP contribution in [0.5, 0.6) is 0 Å². The van der Waals surface area contributed by atoms with E-state index in [1.165, 1.54) is 12.1 Å². The van der Waals surface area contributed by atoms with Crippen LogP contribution < -0.4 is 9.80 Å². The van der Waals surface area contributed by atoms with Gasteiger partial charge in [-0.15, -0.1) is 0 Å². The highest BCUT2D eigenvalue weighted by Gasteiger charge is 2.58. The van der Waals surface area contributed by atoms with Crippen molar-refractivity contribution in [2.24, 2.45) is 10.8 Å². The Balaban J connectivity index is 1.52. The Hall–Kier alpha value is -2.82. The quantitative estimate of drug-likeness (QED) is 0.699. The number of rotatable bonds is 2. The van der Waals surface area contributed by atoms with Gasteiger partial charge in [-0.05, 0) is 36.4 Å². The number of hydrogen-bond donors (Lipinski definition) is 1. The van der Waals surface area contributed by atoms with Crippen molar-refractivity contribution < 1.29 is 9.50 Å². The Morgan fingerprint density at radius 3 is 2.25 bits per heavy atom. The number of likely N-dealkylation sites (N-methyl/N-ethyl adjacent to an activating group) is 1. The fraction of sp³-hybridized carbons (Fsp3) is 0.417. The van der Waals surface area contributed by atoms with Crippen molar-refractivity contribution in [3.8, 4) is 6.07 Å². The second kappa shape index (κ2) is 7.09. The number of aliphatic hydroxyl groups excluding tert-OH is 1. The first-order valence-electron chi connectivity index (χ1n) is 10.6. The molecule has 32 heavy (non-hydrogen) atoms. The summed E-state index contributed by atoms with van der Waals surface area (Å²) in [7, 11) is 1.75. The van der Waals surface area contributed by atoms with E-state index < -0.39 is 6.23 Å². The zero-order chi connectivity index (χ0) is 22.8. The van der Waals surface area contributed by atoms with Gasteiger partial charge in [-0.2, -0.15) is 5.26 Å². The molecular weight excluding hydrogens is 429 g/mol. The normalized spacial score (nSPS) is 29.3. The number of nitrogens with zero attached hydrogens (tertiary/aromatic N) is 5. The van der Waals surface area contributed by atoms with Gasteiger partial charge in [0, 0.05) is 49.7 Å². The maximum Gasteiger partial charge on any atom is 0.165 e. The van der Waals surface area contributed by atoms with E-state index in [0.717, 1.165) is 24.5 Å². The fourth-order valence-corrected chi connectivity index (χ4v) is 5.69. The second-order valence-corrected chi connectivity index (χ2v) is 10.1. The average molecular weight is 454 g/mol. The molecule has 166 valence electrons. The summed E-state index contributed by atoms with van der Waals surface area (Å²) in [6, 6.07) is 12.4. The molecule has 5 rings (SSSR count). The summed E-state index contributed by atoms with van der Waals surface area (Å²) in [6.45, 7) is 7.59. The van der Waals surface area contributed by atoms with Crippen molar-refractivity contribution in [2.75, 3.05) is 43.0 Å². The number of anilines is 2. The third kappa shape index (κ3) is 2.97. The molecule has 3 aliphatic heterocycles. The minimum absolute atomic E-state index is 0.0675. The molecule has 0 radical (unpaired) electrons. The molecule has 3 aliphatic rings. The first-order valence-corrected chi connectivity index (χ1v) is 11.0. The SMILES string of the molecule is CN1c2ccc(Cl)nc2C(N2C[C@@]3(C)CN(c4ccc(F)cc4)C[C@@]3(C)C2)=C(C#N)C1O. The van der Waals surface area contributed by atoms with Gasteiger partial charge in [0.2, 0.25) is 0 Å². The molecule has 0 spiro atoms. The molecule has 6 nitrogen and oxygen atoms in total. The van der Waals surface area contributed by atoms with E-state index in [1.54, 1.807) is 18.0 Å². The molecule has 3 atom stereocenters. The van der Waals surface area contributed by atoms with E-state index in [2.05, 4.69) is 34.7 Å². The first-order chi connectivity index (χ1) is 15.2. The molecule has 1 aromatic heterocycles. The van der Waals surface area contributed by atoms with E-state index in [-0.39, 0.29) is 22.2 Å². The lowest BCUT2D eigenvalue weighted by molar-refractivity contribution is 0.211. The van der Waals surface area contributed by atoms with Gasteiger partial charge in [0.1, 0.15) is 28.3 Å². The van der Waals surface area contributed by atoms with Gasteiger partial charge in [0.05, 0.1) is 11.4 Å². The zero-order valence-corrected chi connectivity index (χ0v) is 19.1. The van der Waals surface area contributed by atoms with Crippen LogP contribution in [0.4, 0.5) is 15.8 Å². The van der Waals surface area contributed by atoms with E-state index in [4.69, 9.17) is 11.6 Å². The summed E-state index contributed by atoms with van der Waals surface area (Å²) in [5, 5.41) is 21.1. The number of pyridine rings is 1. The molecule has 8 heteroatoms. The van der Waals surface area contributed by atoms with E-state index in [0.29, 0.717) is 29.6 Å². The van der Waals surface area contributed by atoms with Crippen molar-refractivity contribution in [2.45, 2.75) is 20.1 Å². The van der Waals surface area contributed by atoms with Crippen LogP contribution in [0.25, 0.3) is 5.70 Å². The van der Waals surface area contributed by atoms with E-state index in [9.17, 15) is 14.8 Å². The molecule has 2 fully saturated rings. The molecule has 0 saturated carbocycles. The molecule has 4 heterocycles. The van der Waals surface area contributed by atoms with Gasteiger partial charge in [-0.3, -0.25) is 0 Å². The number of aliphatic hydroxyl groups is 1. The maximum absolute atomic E-state index is 13.4. The highest BCUT2D eigenvalue weighted by molar-refractivity contribution is 6.29. The molecule has 0 amide bonds. The van der Waals surface area contributed by atoms with Gasteiger partial charge >= 0.3 is 0 Å². The van der Waals surface area contributed by atoms with E-state index >= 15 is 0 Å². The van der Waals surface area contributed by atoms with Crippen molar-refractivity contribution in [1.29, 1.82) is 5.26 Å². The topological polar surface area (TPSA) is 66.6 Å². The van der Waals surface area contributed by atoms with Gasteiger partial charge in [0.25, 0.3) is 0 Å². The number of likely N-dealkylation sites (tertiary alicyclic amines) is 1. The van der Waals surface area contributed by atoms with Crippen LogP contribution in [0, 0.1) is 28.0 Å². The maximum atomic E-state index is 13.4. The second-order valence-electron chi connectivity index (χ2n) is 9.67. The standard InChI is InChI=1S/C24H25ClFN5O/c1-23-11-30(16-6-4-15(26)5-7-16)12-24(23,2)14-31(13-23)21-17(10-27)22(32)29(3)18-8-9-19(25)28-20(18)21/h4-9,22,32H,11-14H2,1-3H3/t22?,23-,24+. The Morgan fingerprint density at radius 1 is 1.06 bits per heavy atom. The van der Waals surface area contributed by atoms with Crippen molar-refractivity contribution in [3.63, 3.8) is 0 Å². The Labute approximate surface area is 192 Å². The van der Waals surface area contributed by atoms with Gasteiger partial charge in [0.15, 0.2) is 6.23 Å². The summed E-state index contributed by atoms with van der Waals surface area (Å²) in [5.41, 5.74) is 3.21. The zero-order valence-electron chi connectivity index (χ0n) is 18.3. The molecule has 2 saturated heterocycles. The number of benzene rings is 1. The smallest absolute Gasteiger partial charge is 0.165 e. The predicted molar refractivity (Wildman–Crippen MR) is 123 cm³/mol. The lowest BCUT2D eigenvalue weighted by atomic mass is 9.71. The number of aromatic nitrogens is 1. The molecule has 1 N–H and O–H groups in total. The summed E-state index contributed by atoms with van der Waals surface area (Å²) >= 11 is 6.22. The Bertz CT molecular complexity index is 1140. The van der Waals surface area contributed by atoms with Crippen molar-refractivity contribution in [3.05, 3.63) is 58.6 Å². The molecular formula is C24H25ClFN5O. The summed E-state index contributed by atoms with van der Waals surface area (Å²) in [6.07, 6.45) is -1.04. The number of fused-ring (bicyclic) bond motifs is 2. The highest BCUT2D eigenvalue weighted by atomic mass is 35.5. The average Bonchev–Trinajstić information content (AvgIpc) is 3.14. The minimum atomic E-state index is -1.04. The van der Waals surface area contributed by atoms with Gasteiger partial charge in [-0.25, -0.2) is 9.37 Å². The van der Waals surface area contributed by atoms with Crippen molar-refractivity contribution in [1.82, 2.24) is 9.88 Å². The first kappa shape index (κ1) is 21.0. The number of nitriles is 1. The lowest BCUT2D eigenvalue weighted by Crippen LogP contribution is -2.41. The van der Waals surface area contributed by atoms with Crippen LogP contribution in [-0.4, -0.2) is 54.4 Å². The van der Waals surface area contributed by atoms with E-state index in [1.807, 2.05) is 18.2 Å². The minimum Gasteiger partial charge on any atom is -0.370 e. The Morgan fingerprint density at radius 2 is 1.66 bits per heavy atom. The van der Waals surface area contributed by atoms with Gasteiger partial charge < -0.3 is 19.8 Å². The molecule has 1 aromatic carbocycles. The third-order valence-corrected chi connectivity index (χ3v) is 7.78. The largest absolute Gasteiger partial charge is 0.370 e. The van der Waals surface area contributed by atoms with Crippen LogP contribution in [0.15, 0.2) is 42.0 Å². The lowest BCUT2D eigenvalue weighted by Gasteiger charge is -2.37. The third-order valence-electron chi connectivity index (χ3n) is 7.57. The van der Waals surface area contributed by atoms with Crippen molar-refractivity contribution >= 4 is 28.7 Å². The Kier molecular flexibility index (Phi) is 4.66. The van der Waals surface area contributed by atoms with Gasteiger partial charge in [-0.1, -0.05) is 25.4 Å². The van der Waals surface area contributed by atoms with Crippen LogP contribution in [0.1, 0.15) is 19.5 Å². The van der Waals surface area contributed by atoms with Crippen LogP contribution in [-0.2, 0) is 0 Å². The molecule has 0 bridgehead atoms. The molecule has 2 aromatic rings. The van der Waals surface area contributed by atoms with Crippen LogP contribution in [0.2, 0.25) is 5.15 Å².